The summed E-state index contributed by atoms with van der Waals surface area (Å²) in [5.41, 5.74) is 1.75. The van der Waals surface area contributed by atoms with Gasteiger partial charge in [0.05, 0.1) is 15.8 Å². The summed E-state index contributed by atoms with van der Waals surface area (Å²) in [6, 6.07) is 5.79. The van der Waals surface area contributed by atoms with Gasteiger partial charge < -0.3 is 9.64 Å². The number of aryl methyl sites for hydroxylation is 2. The first-order valence-electron chi connectivity index (χ1n) is 7.05. The fourth-order valence-corrected chi connectivity index (χ4v) is 3.50. The Bertz CT molecular complexity index is 684. The predicted molar refractivity (Wildman–Crippen MR) is 85.8 cm³/mol. The lowest BCUT2D eigenvalue weighted by Gasteiger charge is -2.16. The monoisotopic (exact) mass is 337 g/mol. The van der Waals surface area contributed by atoms with Crippen molar-refractivity contribution >= 4 is 28.8 Å². The third-order valence-corrected chi connectivity index (χ3v) is 4.67. The van der Waals surface area contributed by atoms with Crippen molar-refractivity contribution in [3.05, 3.63) is 38.8 Å². The maximum Gasteiger partial charge on any atom is 0.317 e. The summed E-state index contributed by atoms with van der Waals surface area (Å²) in [5.74, 6) is 0.00402. The molecule has 5 nitrogen and oxygen atoms in total. The fraction of sp³-hybridized carbons (Fsp3) is 0.400. The molecular weight excluding hydrogens is 322 g/mol. The van der Waals surface area contributed by atoms with Crippen LogP contribution in [0.3, 0.4) is 0 Å². The van der Waals surface area contributed by atoms with E-state index in [1.807, 2.05) is 19.9 Å². The lowest BCUT2D eigenvalue weighted by atomic mass is 10.3. The van der Waals surface area contributed by atoms with E-state index >= 15 is 0 Å². The van der Waals surface area contributed by atoms with E-state index in [1.54, 1.807) is 17.0 Å². The molecule has 1 fully saturated rings. The molecule has 1 aliphatic heterocycles. The van der Waals surface area contributed by atoms with Gasteiger partial charge in [-0.15, -0.1) is 11.3 Å². The van der Waals surface area contributed by atoms with E-state index in [0.29, 0.717) is 28.3 Å². The van der Waals surface area contributed by atoms with Crippen molar-refractivity contribution < 1.29 is 9.53 Å². The third-order valence-electron chi connectivity index (χ3n) is 3.45. The van der Waals surface area contributed by atoms with E-state index in [4.69, 9.17) is 16.3 Å². The second-order valence-electron chi connectivity index (χ2n) is 5.32. The molecule has 1 saturated heterocycles. The molecule has 2 aromatic heterocycles. The van der Waals surface area contributed by atoms with Crippen molar-refractivity contribution in [2.24, 2.45) is 0 Å². The number of aromatic nitrogens is 2. The second kappa shape index (κ2) is 6.22. The molecule has 0 bridgehead atoms. The minimum atomic E-state index is -0.0689. The normalized spacial score (nSPS) is 17.8. The minimum absolute atomic E-state index is 0.00402. The van der Waals surface area contributed by atoms with E-state index in [-0.39, 0.29) is 12.0 Å². The summed E-state index contributed by atoms with van der Waals surface area (Å²) in [5, 5.41) is 0. The van der Waals surface area contributed by atoms with Crippen molar-refractivity contribution in [1.29, 1.82) is 0 Å². The average molecular weight is 338 g/mol. The molecule has 0 aliphatic carbocycles. The number of thiophene rings is 1. The molecule has 3 rings (SSSR count). The highest BCUT2D eigenvalue weighted by atomic mass is 35.5. The minimum Gasteiger partial charge on any atom is -0.458 e. The Kier molecular flexibility index (Phi) is 4.31. The van der Waals surface area contributed by atoms with Gasteiger partial charge in [0, 0.05) is 24.4 Å². The molecule has 0 spiro atoms. The largest absolute Gasteiger partial charge is 0.458 e. The predicted octanol–water partition coefficient (Wildman–Crippen LogP) is 3.10. The Morgan fingerprint density at radius 3 is 2.73 bits per heavy atom. The van der Waals surface area contributed by atoms with E-state index < -0.39 is 0 Å². The van der Waals surface area contributed by atoms with Gasteiger partial charge in [-0.05, 0) is 32.0 Å². The summed E-state index contributed by atoms with van der Waals surface area (Å²) >= 11 is 7.18. The van der Waals surface area contributed by atoms with Crippen LogP contribution in [0.5, 0.6) is 6.01 Å². The van der Waals surface area contributed by atoms with Crippen molar-refractivity contribution in [3.63, 3.8) is 0 Å². The molecule has 3 heterocycles. The molecule has 1 aliphatic rings. The standard InChI is InChI=1S/C15H16ClN3O2S/c1-9-7-10(2)18-15(17-9)21-11-5-6-19(8-11)14(20)12-3-4-13(16)22-12/h3-4,7,11H,5-6,8H2,1-2H3/t11-/m0/s1. The van der Waals surface area contributed by atoms with Gasteiger partial charge in [-0.3, -0.25) is 4.79 Å². The zero-order valence-corrected chi connectivity index (χ0v) is 13.9. The number of halogens is 1. The van der Waals surface area contributed by atoms with Crippen LogP contribution in [0, 0.1) is 13.8 Å². The lowest BCUT2D eigenvalue weighted by molar-refractivity contribution is 0.0774. The van der Waals surface area contributed by atoms with Crippen molar-refractivity contribution in [3.8, 4) is 6.01 Å². The number of carbonyl (C=O) groups is 1. The quantitative estimate of drug-likeness (QED) is 0.863. The van der Waals surface area contributed by atoms with Crippen LogP contribution in [-0.4, -0.2) is 40.0 Å². The molecular formula is C15H16ClN3O2S. The van der Waals surface area contributed by atoms with Crippen LogP contribution in [0.15, 0.2) is 18.2 Å². The van der Waals surface area contributed by atoms with Crippen LogP contribution < -0.4 is 4.74 Å². The molecule has 1 amide bonds. The van der Waals surface area contributed by atoms with Crippen LogP contribution in [0.4, 0.5) is 0 Å². The number of rotatable bonds is 3. The molecule has 0 unspecified atom stereocenters. The Morgan fingerprint density at radius 2 is 2.09 bits per heavy atom. The van der Waals surface area contributed by atoms with Gasteiger partial charge in [0.25, 0.3) is 5.91 Å². The summed E-state index contributed by atoms with van der Waals surface area (Å²) in [7, 11) is 0. The molecule has 0 saturated carbocycles. The summed E-state index contributed by atoms with van der Waals surface area (Å²) in [6.45, 7) is 5.04. The highest BCUT2D eigenvalue weighted by Gasteiger charge is 2.29. The summed E-state index contributed by atoms with van der Waals surface area (Å²) < 4.78 is 6.44. The number of likely N-dealkylation sites (tertiary alicyclic amines) is 1. The Morgan fingerprint density at radius 1 is 1.36 bits per heavy atom. The van der Waals surface area contributed by atoms with Crippen LogP contribution in [0.25, 0.3) is 0 Å². The molecule has 7 heteroatoms. The highest BCUT2D eigenvalue weighted by molar-refractivity contribution is 7.17. The van der Waals surface area contributed by atoms with E-state index in [2.05, 4.69) is 9.97 Å². The van der Waals surface area contributed by atoms with Crippen LogP contribution in [-0.2, 0) is 0 Å². The van der Waals surface area contributed by atoms with Gasteiger partial charge in [0.15, 0.2) is 0 Å². The fourth-order valence-electron chi connectivity index (χ4n) is 2.49. The number of nitrogens with zero attached hydrogens (tertiary/aromatic N) is 3. The zero-order valence-electron chi connectivity index (χ0n) is 12.4. The van der Waals surface area contributed by atoms with E-state index in [1.165, 1.54) is 11.3 Å². The number of amides is 1. The lowest BCUT2D eigenvalue weighted by Crippen LogP contribution is -2.30. The first-order valence-corrected chi connectivity index (χ1v) is 8.24. The molecule has 22 heavy (non-hydrogen) atoms. The zero-order chi connectivity index (χ0) is 15.7. The van der Waals surface area contributed by atoms with Gasteiger partial charge in [-0.25, -0.2) is 9.97 Å². The maximum absolute atomic E-state index is 12.4. The molecule has 0 radical (unpaired) electrons. The average Bonchev–Trinajstić information content (AvgIpc) is 3.06. The Labute approximate surface area is 137 Å². The molecule has 0 aromatic carbocycles. The first kappa shape index (κ1) is 15.2. The van der Waals surface area contributed by atoms with E-state index in [9.17, 15) is 4.79 Å². The smallest absolute Gasteiger partial charge is 0.317 e. The highest BCUT2D eigenvalue weighted by Crippen LogP contribution is 2.25. The van der Waals surface area contributed by atoms with Crippen molar-refractivity contribution in [2.45, 2.75) is 26.4 Å². The van der Waals surface area contributed by atoms with Gasteiger partial charge in [0.2, 0.25) is 0 Å². The summed E-state index contributed by atoms with van der Waals surface area (Å²) in [4.78, 5) is 23.4. The first-order chi connectivity index (χ1) is 10.5. The van der Waals surface area contributed by atoms with Crippen LogP contribution in [0.2, 0.25) is 4.34 Å². The maximum atomic E-state index is 12.4. The van der Waals surface area contributed by atoms with Gasteiger partial charge in [-0.1, -0.05) is 11.6 Å². The number of hydrogen-bond acceptors (Lipinski definition) is 5. The molecule has 116 valence electrons. The van der Waals surface area contributed by atoms with Crippen LogP contribution in [0.1, 0.15) is 27.5 Å². The number of carbonyl (C=O) groups excluding carboxylic acids is 1. The van der Waals surface area contributed by atoms with Gasteiger partial charge in [-0.2, -0.15) is 0 Å². The molecule has 2 aromatic rings. The third kappa shape index (κ3) is 3.39. The molecule has 1 atom stereocenters. The van der Waals surface area contributed by atoms with Gasteiger partial charge in [0.1, 0.15) is 6.10 Å². The number of hydrogen-bond donors (Lipinski definition) is 0. The van der Waals surface area contributed by atoms with Crippen molar-refractivity contribution in [2.75, 3.05) is 13.1 Å². The Balaban J connectivity index is 1.63. The summed E-state index contributed by atoms with van der Waals surface area (Å²) in [6.07, 6.45) is 0.710. The van der Waals surface area contributed by atoms with Crippen molar-refractivity contribution in [1.82, 2.24) is 14.9 Å². The second-order valence-corrected chi connectivity index (χ2v) is 7.03. The SMILES string of the molecule is Cc1cc(C)nc(O[C@H]2CCN(C(=O)c3ccc(Cl)s3)C2)n1. The number of ether oxygens (including phenoxy) is 1. The van der Waals surface area contributed by atoms with E-state index in [0.717, 1.165) is 17.8 Å². The Hall–Kier alpha value is -1.66. The topological polar surface area (TPSA) is 55.3 Å². The van der Waals surface area contributed by atoms with Crippen LogP contribution >= 0.6 is 22.9 Å². The van der Waals surface area contributed by atoms with Gasteiger partial charge >= 0.3 is 6.01 Å². The molecule has 0 N–H and O–H groups in total.